The number of ketones is 1. The van der Waals surface area contributed by atoms with Crippen molar-refractivity contribution in [1.29, 1.82) is 0 Å². The molecule has 0 spiro atoms. The summed E-state index contributed by atoms with van der Waals surface area (Å²) in [6.45, 7) is 5.23. The molecule has 0 saturated carbocycles. The van der Waals surface area contributed by atoms with Crippen LogP contribution in [0.25, 0.3) is 0 Å². The third-order valence-corrected chi connectivity index (χ3v) is 3.35. The number of Topliss-reactive ketones (excluding diaryl/α,β-unsaturated/α-hetero) is 1. The summed E-state index contributed by atoms with van der Waals surface area (Å²) in [6.07, 6.45) is 0. The largest absolute Gasteiger partial charge is 0.313 e. The van der Waals surface area contributed by atoms with E-state index in [-0.39, 0.29) is 5.56 Å². The van der Waals surface area contributed by atoms with Crippen LogP contribution in [0, 0.1) is 0 Å². The molecule has 1 N–H and O–H groups in total. The number of hydrogen-bond acceptors (Lipinski definition) is 3. The molecule has 0 aliphatic rings. The Morgan fingerprint density at radius 2 is 1.25 bits per heavy atom. The first-order valence-corrected chi connectivity index (χ1v) is 7.60. The summed E-state index contributed by atoms with van der Waals surface area (Å²) < 4.78 is 0. The fourth-order valence-electron chi connectivity index (χ4n) is 2.09. The van der Waals surface area contributed by atoms with Gasteiger partial charge in [-0.25, -0.2) is 5.01 Å². The summed E-state index contributed by atoms with van der Waals surface area (Å²) in [7, 11) is 0. The van der Waals surface area contributed by atoms with Crippen LogP contribution in [0.4, 0.5) is 0 Å². The highest BCUT2D eigenvalue weighted by molar-refractivity contribution is 6.42. The lowest BCUT2D eigenvalue weighted by molar-refractivity contribution is -0.134. The first kappa shape index (κ1) is 17.4. The predicted octanol–water partition coefficient (Wildman–Crippen LogP) is 2.84. The Bertz CT molecular complexity index is 734. The van der Waals surface area contributed by atoms with Crippen LogP contribution in [0.2, 0.25) is 0 Å². The van der Waals surface area contributed by atoms with E-state index in [9.17, 15) is 14.4 Å². The number of carbonyl (C=O) groups excluding carboxylic acids is 3. The molecule has 0 saturated heterocycles. The van der Waals surface area contributed by atoms with Gasteiger partial charge in [-0.05, 0) is 32.9 Å². The van der Waals surface area contributed by atoms with Crippen LogP contribution in [-0.2, 0) is 4.79 Å². The predicted molar refractivity (Wildman–Crippen MR) is 91.3 cm³/mol. The zero-order valence-electron chi connectivity index (χ0n) is 13.9. The lowest BCUT2D eigenvalue weighted by atomic mass is 10.1. The summed E-state index contributed by atoms with van der Waals surface area (Å²) in [4.78, 5) is 37.4. The van der Waals surface area contributed by atoms with Crippen molar-refractivity contribution in [1.82, 2.24) is 10.4 Å². The van der Waals surface area contributed by atoms with E-state index in [1.807, 2.05) is 0 Å². The van der Waals surface area contributed by atoms with Crippen molar-refractivity contribution in [3.63, 3.8) is 0 Å². The molecule has 0 aromatic heterocycles. The van der Waals surface area contributed by atoms with E-state index in [2.05, 4.69) is 5.43 Å². The minimum Gasteiger partial charge on any atom is -0.283 e. The second-order valence-electron chi connectivity index (χ2n) is 6.31. The maximum atomic E-state index is 12.6. The number of hydrazine groups is 1. The van der Waals surface area contributed by atoms with Crippen molar-refractivity contribution in [2.75, 3.05) is 0 Å². The third kappa shape index (κ3) is 4.07. The van der Waals surface area contributed by atoms with Gasteiger partial charge in [0.15, 0.2) is 0 Å². The molecule has 2 rings (SSSR count). The summed E-state index contributed by atoms with van der Waals surface area (Å²) in [5, 5.41) is 1.08. The highest BCUT2D eigenvalue weighted by Crippen LogP contribution is 2.14. The number of hydrogen-bond donors (Lipinski definition) is 1. The Balaban J connectivity index is 2.24. The smallest absolute Gasteiger partial charge is 0.283 e. The van der Waals surface area contributed by atoms with Crippen LogP contribution in [0.3, 0.4) is 0 Å². The molecule has 5 nitrogen and oxygen atoms in total. The minimum absolute atomic E-state index is 0.283. The van der Waals surface area contributed by atoms with Gasteiger partial charge in [0.1, 0.15) is 0 Å². The Morgan fingerprint density at radius 3 is 1.71 bits per heavy atom. The number of nitrogens with zero attached hydrogens (tertiary/aromatic N) is 1. The first-order chi connectivity index (χ1) is 11.3. The van der Waals surface area contributed by atoms with E-state index in [4.69, 9.17) is 0 Å². The molecule has 2 amide bonds. The lowest BCUT2D eigenvalue weighted by Gasteiger charge is -2.34. The van der Waals surface area contributed by atoms with Crippen LogP contribution < -0.4 is 5.43 Å². The molecule has 0 fully saturated rings. The fourth-order valence-corrected chi connectivity index (χ4v) is 2.09. The summed E-state index contributed by atoms with van der Waals surface area (Å²) in [6, 6.07) is 16.8. The number of amides is 2. The standard InChI is InChI=1S/C19H20N2O3/c1-19(2,3)21(20-17(23)15-12-8-5-9-13-15)18(24)16(22)14-10-6-4-7-11-14/h4-13H,1-3H3,(H,20,23). The second-order valence-corrected chi connectivity index (χ2v) is 6.31. The summed E-state index contributed by atoms with van der Waals surface area (Å²) in [5.74, 6) is -1.89. The molecule has 124 valence electrons. The molecule has 0 aliphatic carbocycles. The zero-order chi connectivity index (χ0) is 17.7. The van der Waals surface area contributed by atoms with E-state index in [1.165, 1.54) is 0 Å². The number of carbonyl (C=O) groups is 3. The van der Waals surface area contributed by atoms with Crippen LogP contribution in [-0.4, -0.2) is 28.1 Å². The van der Waals surface area contributed by atoms with Crippen LogP contribution >= 0.6 is 0 Å². The van der Waals surface area contributed by atoms with Gasteiger partial charge in [0.2, 0.25) is 0 Å². The Morgan fingerprint density at radius 1 is 0.792 bits per heavy atom. The molecule has 0 heterocycles. The van der Waals surface area contributed by atoms with Crippen molar-refractivity contribution >= 4 is 17.6 Å². The van der Waals surface area contributed by atoms with Gasteiger partial charge < -0.3 is 0 Å². The average Bonchev–Trinajstić information content (AvgIpc) is 2.58. The molecule has 24 heavy (non-hydrogen) atoms. The summed E-state index contributed by atoms with van der Waals surface area (Å²) in [5.41, 5.74) is 2.48. The van der Waals surface area contributed by atoms with E-state index >= 15 is 0 Å². The van der Waals surface area contributed by atoms with Crippen LogP contribution in [0.15, 0.2) is 60.7 Å². The van der Waals surface area contributed by atoms with Crippen molar-refractivity contribution < 1.29 is 14.4 Å². The Kier molecular flexibility index (Phi) is 5.14. The SMILES string of the molecule is CC(C)(C)N(NC(=O)c1ccccc1)C(=O)C(=O)c1ccccc1. The van der Waals surface area contributed by atoms with Crippen LogP contribution in [0.5, 0.6) is 0 Å². The molecular weight excluding hydrogens is 304 g/mol. The highest BCUT2D eigenvalue weighted by atomic mass is 16.2. The van der Waals surface area contributed by atoms with Crippen molar-refractivity contribution in [2.45, 2.75) is 26.3 Å². The maximum Gasteiger partial charge on any atom is 0.313 e. The van der Waals surface area contributed by atoms with Gasteiger partial charge >= 0.3 is 5.91 Å². The monoisotopic (exact) mass is 324 g/mol. The molecule has 0 atom stereocenters. The highest BCUT2D eigenvalue weighted by Gasteiger charge is 2.33. The Labute approximate surface area is 141 Å². The molecule has 5 heteroatoms. The van der Waals surface area contributed by atoms with Gasteiger partial charge in [0.05, 0.1) is 5.54 Å². The number of nitrogens with one attached hydrogen (secondary N) is 1. The topological polar surface area (TPSA) is 66.5 Å². The maximum absolute atomic E-state index is 12.6. The van der Waals surface area contributed by atoms with Gasteiger partial charge in [-0.3, -0.25) is 19.8 Å². The zero-order valence-corrected chi connectivity index (χ0v) is 13.9. The lowest BCUT2D eigenvalue weighted by Crippen LogP contribution is -2.57. The quantitative estimate of drug-likeness (QED) is 0.536. The minimum atomic E-state index is -0.780. The number of rotatable bonds is 3. The normalized spacial score (nSPS) is 10.8. The van der Waals surface area contributed by atoms with E-state index in [0.717, 1.165) is 5.01 Å². The molecule has 2 aromatic carbocycles. The fraction of sp³-hybridized carbons (Fsp3) is 0.211. The van der Waals surface area contributed by atoms with Gasteiger partial charge in [-0.2, -0.15) is 0 Å². The average molecular weight is 324 g/mol. The third-order valence-electron chi connectivity index (χ3n) is 3.35. The van der Waals surface area contributed by atoms with Crippen molar-refractivity contribution in [2.24, 2.45) is 0 Å². The molecule has 2 aromatic rings. The van der Waals surface area contributed by atoms with E-state index < -0.39 is 23.1 Å². The molecule has 0 radical (unpaired) electrons. The van der Waals surface area contributed by atoms with Gasteiger partial charge in [0, 0.05) is 11.1 Å². The van der Waals surface area contributed by atoms with Crippen LogP contribution in [0.1, 0.15) is 41.5 Å². The second kappa shape index (κ2) is 7.08. The summed E-state index contributed by atoms with van der Waals surface area (Å²) >= 11 is 0. The van der Waals surface area contributed by atoms with Gasteiger partial charge in [-0.15, -0.1) is 0 Å². The molecule has 0 aliphatic heterocycles. The van der Waals surface area contributed by atoms with E-state index in [1.54, 1.807) is 81.4 Å². The van der Waals surface area contributed by atoms with E-state index in [0.29, 0.717) is 5.56 Å². The van der Waals surface area contributed by atoms with Crippen molar-refractivity contribution in [3.8, 4) is 0 Å². The Hall–Kier alpha value is -2.95. The van der Waals surface area contributed by atoms with Crippen molar-refractivity contribution in [3.05, 3.63) is 71.8 Å². The molecule has 0 unspecified atom stereocenters. The molecular formula is C19H20N2O3. The first-order valence-electron chi connectivity index (χ1n) is 7.60. The number of benzene rings is 2. The van der Waals surface area contributed by atoms with Gasteiger partial charge in [-0.1, -0.05) is 48.5 Å². The van der Waals surface area contributed by atoms with Gasteiger partial charge in [0.25, 0.3) is 11.7 Å². The molecule has 0 bridgehead atoms.